The summed E-state index contributed by atoms with van der Waals surface area (Å²) in [5, 5.41) is 17.2. The van der Waals surface area contributed by atoms with Gasteiger partial charge in [-0.25, -0.2) is 13.4 Å². The standard InChI is InChI=1S/C16H20N6O5S/c23-22(24)13-1-2-14(18-5-6-20-16-12-17-3-4-19-16)15(11-13)28(25,26)21-7-9-27-10-8-21/h1-4,11-12,18H,5-10H2,(H,19,20). The minimum Gasteiger partial charge on any atom is -0.382 e. The van der Waals surface area contributed by atoms with Gasteiger partial charge in [0.25, 0.3) is 5.69 Å². The topological polar surface area (TPSA) is 140 Å². The van der Waals surface area contributed by atoms with E-state index in [9.17, 15) is 18.5 Å². The highest BCUT2D eigenvalue weighted by atomic mass is 32.2. The Morgan fingerprint density at radius 3 is 2.61 bits per heavy atom. The van der Waals surface area contributed by atoms with E-state index in [0.717, 1.165) is 6.07 Å². The minimum atomic E-state index is -3.89. The Kier molecular flexibility index (Phi) is 6.34. The van der Waals surface area contributed by atoms with E-state index < -0.39 is 14.9 Å². The summed E-state index contributed by atoms with van der Waals surface area (Å²) in [6.45, 7) is 1.82. The number of nitro groups is 1. The number of aromatic nitrogens is 2. The number of sulfonamides is 1. The van der Waals surface area contributed by atoms with E-state index in [1.807, 2.05) is 0 Å². The Labute approximate surface area is 161 Å². The van der Waals surface area contributed by atoms with Gasteiger partial charge in [0.05, 0.1) is 30.0 Å². The third kappa shape index (κ3) is 4.71. The molecule has 2 aromatic rings. The Bertz CT molecular complexity index is 918. The molecular formula is C16H20N6O5S. The maximum atomic E-state index is 13.0. The summed E-state index contributed by atoms with van der Waals surface area (Å²) >= 11 is 0. The van der Waals surface area contributed by atoms with Crippen LogP contribution < -0.4 is 10.6 Å². The predicted octanol–water partition coefficient (Wildman–Crippen LogP) is 0.930. The summed E-state index contributed by atoms with van der Waals surface area (Å²) < 4.78 is 32.5. The maximum absolute atomic E-state index is 13.0. The minimum absolute atomic E-state index is 0.122. The van der Waals surface area contributed by atoms with E-state index in [4.69, 9.17) is 4.74 Å². The molecule has 12 heteroatoms. The molecule has 1 aliphatic heterocycles. The molecule has 1 aliphatic rings. The summed E-state index contributed by atoms with van der Waals surface area (Å²) in [6, 6.07) is 3.77. The lowest BCUT2D eigenvalue weighted by atomic mass is 10.3. The molecule has 0 atom stereocenters. The second-order valence-electron chi connectivity index (χ2n) is 5.90. The Balaban J connectivity index is 1.77. The summed E-state index contributed by atoms with van der Waals surface area (Å²) in [5.41, 5.74) is 0.0214. The van der Waals surface area contributed by atoms with Crippen molar-refractivity contribution in [2.24, 2.45) is 0 Å². The third-order valence-corrected chi connectivity index (χ3v) is 6.01. The molecule has 0 saturated carbocycles. The largest absolute Gasteiger partial charge is 0.382 e. The number of anilines is 2. The predicted molar refractivity (Wildman–Crippen MR) is 102 cm³/mol. The monoisotopic (exact) mass is 408 g/mol. The first kappa shape index (κ1) is 19.9. The molecule has 0 radical (unpaired) electrons. The molecule has 2 heterocycles. The molecule has 11 nitrogen and oxygen atoms in total. The van der Waals surface area contributed by atoms with Gasteiger partial charge in [0, 0.05) is 50.7 Å². The van der Waals surface area contributed by atoms with Crippen molar-refractivity contribution in [2.75, 3.05) is 50.0 Å². The quantitative estimate of drug-likeness (QED) is 0.371. The van der Waals surface area contributed by atoms with Gasteiger partial charge in [-0.15, -0.1) is 0 Å². The lowest BCUT2D eigenvalue weighted by Gasteiger charge is -2.27. The van der Waals surface area contributed by atoms with Gasteiger partial charge >= 0.3 is 0 Å². The van der Waals surface area contributed by atoms with Gasteiger partial charge in [-0.2, -0.15) is 4.31 Å². The molecule has 3 rings (SSSR count). The fraction of sp³-hybridized carbons (Fsp3) is 0.375. The smallest absolute Gasteiger partial charge is 0.270 e. The van der Waals surface area contributed by atoms with Crippen molar-refractivity contribution in [3.8, 4) is 0 Å². The molecule has 0 amide bonds. The number of ether oxygens (including phenoxy) is 1. The first-order valence-corrected chi connectivity index (χ1v) is 10.0. The second kappa shape index (κ2) is 8.91. The van der Waals surface area contributed by atoms with Crippen LogP contribution in [0, 0.1) is 10.1 Å². The Morgan fingerprint density at radius 2 is 1.93 bits per heavy atom. The van der Waals surface area contributed by atoms with E-state index in [0.29, 0.717) is 37.8 Å². The lowest BCUT2D eigenvalue weighted by molar-refractivity contribution is -0.385. The number of nitrogens with zero attached hydrogens (tertiary/aromatic N) is 4. The third-order valence-electron chi connectivity index (χ3n) is 4.07. The molecule has 1 fully saturated rings. The molecular weight excluding hydrogens is 388 g/mol. The van der Waals surface area contributed by atoms with Crippen LogP contribution in [0.2, 0.25) is 0 Å². The van der Waals surface area contributed by atoms with Crippen LogP contribution in [0.5, 0.6) is 0 Å². The van der Waals surface area contributed by atoms with Crippen molar-refractivity contribution in [3.63, 3.8) is 0 Å². The van der Waals surface area contributed by atoms with Gasteiger partial charge in [0.15, 0.2) is 0 Å². The highest BCUT2D eigenvalue weighted by molar-refractivity contribution is 7.89. The van der Waals surface area contributed by atoms with E-state index in [-0.39, 0.29) is 23.7 Å². The normalized spacial score (nSPS) is 15.1. The number of nitrogens with one attached hydrogen (secondary N) is 2. The van der Waals surface area contributed by atoms with Gasteiger partial charge in [-0.1, -0.05) is 0 Å². The van der Waals surface area contributed by atoms with Crippen LogP contribution in [-0.4, -0.2) is 67.0 Å². The zero-order valence-corrected chi connectivity index (χ0v) is 15.8. The van der Waals surface area contributed by atoms with E-state index in [1.165, 1.54) is 16.4 Å². The van der Waals surface area contributed by atoms with Crippen LogP contribution in [0.25, 0.3) is 0 Å². The average Bonchev–Trinajstić information content (AvgIpc) is 2.72. The maximum Gasteiger partial charge on any atom is 0.270 e. The molecule has 2 N–H and O–H groups in total. The first-order valence-electron chi connectivity index (χ1n) is 8.58. The van der Waals surface area contributed by atoms with Crippen molar-refractivity contribution in [3.05, 3.63) is 46.9 Å². The number of hydrogen-bond acceptors (Lipinski definition) is 9. The van der Waals surface area contributed by atoms with Crippen LogP contribution in [-0.2, 0) is 14.8 Å². The van der Waals surface area contributed by atoms with Crippen molar-refractivity contribution in [1.82, 2.24) is 14.3 Å². The van der Waals surface area contributed by atoms with E-state index in [1.54, 1.807) is 18.6 Å². The van der Waals surface area contributed by atoms with Gasteiger partial charge < -0.3 is 15.4 Å². The molecule has 28 heavy (non-hydrogen) atoms. The number of rotatable bonds is 8. The molecule has 150 valence electrons. The zero-order valence-electron chi connectivity index (χ0n) is 14.9. The Morgan fingerprint density at radius 1 is 1.18 bits per heavy atom. The van der Waals surface area contributed by atoms with Crippen LogP contribution in [0.15, 0.2) is 41.7 Å². The number of benzene rings is 1. The zero-order chi connectivity index (χ0) is 20.0. The van der Waals surface area contributed by atoms with Gasteiger partial charge in [-0.3, -0.25) is 15.1 Å². The highest BCUT2D eigenvalue weighted by Crippen LogP contribution is 2.29. The van der Waals surface area contributed by atoms with Crippen molar-refractivity contribution < 1.29 is 18.1 Å². The lowest BCUT2D eigenvalue weighted by Crippen LogP contribution is -2.40. The van der Waals surface area contributed by atoms with Crippen molar-refractivity contribution >= 4 is 27.2 Å². The average molecular weight is 408 g/mol. The molecule has 0 spiro atoms. The van der Waals surface area contributed by atoms with E-state index >= 15 is 0 Å². The fourth-order valence-electron chi connectivity index (χ4n) is 2.69. The number of nitro benzene ring substituents is 1. The van der Waals surface area contributed by atoms with Crippen molar-refractivity contribution in [1.29, 1.82) is 0 Å². The van der Waals surface area contributed by atoms with Gasteiger partial charge in [0.1, 0.15) is 10.7 Å². The Hall–Kier alpha value is -2.83. The summed E-state index contributed by atoms with van der Waals surface area (Å²) in [5.74, 6) is 0.592. The van der Waals surface area contributed by atoms with E-state index in [2.05, 4.69) is 20.6 Å². The molecule has 0 bridgehead atoms. The summed E-state index contributed by atoms with van der Waals surface area (Å²) in [4.78, 5) is 18.4. The van der Waals surface area contributed by atoms with Crippen molar-refractivity contribution in [2.45, 2.75) is 4.90 Å². The first-order chi connectivity index (χ1) is 13.5. The number of non-ortho nitro benzene ring substituents is 1. The van der Waals surface area contributed by atoms with Gasteiger partial charge in [-0.05, 0) is 6.07 Å². The number of hydrogen-bond donors (Lipinski definition) is 2. The van der Waals surface area contributed by atoms with Gasteiger partial charge in [0.2, 0.25) is 10.0 Å². The fourth-order valence-corrected chi connectivity index (χ4v) is 4.28. The SMILES string of the molecule is O=[N+]([O-])c1ccc(NCCNc2cnccn2)c(S(=O)(=O)N2CCOCC2)c1. The number of morpholine rings is 1. The second-order valence-corrected chi connectivity index (χ2v) is 7.80. The highest BCUT2D eigenvalue weighted by Gasteiger charge is 2.30. The van der Waals surface area contributed by atoms with Crippen LogP contribution in [0.4, 0.5) is 17.2 Å². The van der Waals surface area contributed by atoms with Crippen LogP contribution >= 0.6 is 0 Å². The molecule has 0 aliphatic carbocycles. The molecule has 0 unspecified atom stereocenters. The molecule has 1 aromatic heterocycles. The molecule has 1 aromatic carbocycles. The van der Waals surface area contributed by atoms with Crippen LogP contribution in [0.1, 0.15) is 0 Å². The summed E-state index contributed by atoms with van der Waals surface area (Å²) in [6.07, 6.45) is 4.68. The molecule has 1 saturated heterocycles. The summed E-state index contributed by atoms with van der Waals surface area (Å²) in [7, 11) is -3.89. The van der Waals surface area contributed by atoms with Crippen LogP contribution in [0.3, 0.4) is 0 Å².